The first-order valence-corrected chi connectivity index (χ1v) is 6.80. The van der Waals surface area contributed by atoms with Crippen molar-refractivity contribution in [1.29, 1.82) is 0 Å². The Labute approximate surface area is 125 Å². The number of carbonyl (C=O) groups is 2. The summed E-state index contributed by atoms with van der Waals surface area (Å²) >= 11 is 0. The normalized spacial score (nSPS) is 11.9. The Morgan fingerprint density at radius 1 is 1.14 bits per heavy atom. The third-order valence-corrected chi connectivity index (χ3v) is 3.61. The van der Waals surface area contributed by atoms with Crippen LogP contribution in [-0.2, 0) is 19.1 Å². The van der Waals surface area contributed by atoms with Gasteiger partial charge in [0.15, 0.2) is 0 Å². The number of amides is 1. The maximum atomic E-state index is 12.4. The summed E-state index contributed by atoms with van der Waals surface area (Å²) in [5.41, 5.74) is 3.70. The van der Waals surface area contributed by atoms with Crippen LogP contribution in [0, 0.1) is 20.8 Å². The fourth-order valence-electron chi connectivity index (χ4n) is 2.31. The van der Waals surface area contributed by atoms with E-state index in [0.29, 0.717) is 0 Å². The predicted octanol–water partition coefficient (Wildman–Crippen LogP) is 2.15. The molecule has 0 spiro atoms. The number of hydrogen-bond donors (Lipinski definition) is 0. The Bertz CT molecular complexity index is 539. The molecule has 0 N–H and O–H groups in total. The standard InChI is InChI=1S/C16H23NO4/c1-10-7-8-11(2)15(12(10)3)17(14(18)9-20-5)13(4)16(19)21-6/h7-8,13H,9H2,1-6H3. The van der Waals surface area contributed by atoms with Gasteiger partial charge in [0.1, 0.15) is 12.6 Å². The molecule has 1 aromatic rings. The number of benzene rings is 1. The summed E-state index contributed by atoms with van der Waals surface area (Å²) in [5.74, 6) is -0.730. The van der Waals surface area contributed by atoms with Crippen LogP contribution in [-0.4, -0.2) is 38.7 Å². The average Bonchev–Trinajstić information content (AvgIpc) is 2.46. The van der Waals surface area contributed by atoms with Crippen molar-refractivity contribution in [2.75, 3.05) is 25.7 Å². The molecule has 21 heavy (non-hydrogen) atoms. The number of rotatable bonds is 5. The summed E-state index contributed by atoms with van der Waals surface area (Å²) < 4.78 is 9.72. The average molecular weight is 293 g/mol. The Morgan fingerprint density at radius 3 is 2.24 bits per heavy atom. The van der Waals surface area contributed by atoms with Crippen LogP contribution in [0.15, 0.2) is 12.1 Å². The van der Waals surface area contributed by atoms with Gasteiger partial charge in [-0.05, 0) is 44.4 Å². The van der Waals surface area contributed by atoms with Crippen molar-refractivity contribution >= 4 is 17.6 Å². The molecule has 0 aliphatic heterocycles. The van der Waals surface area contributed by atoms with E-state index >= 15 is 0 Å². The minimum atomic E-state index is -0.711. The van der Waals surface area contributed by atoms with Gasteiger partial charge in [0.25, 0.3) is 5.91 Å². The lowest BCUT2D eigenvalue weighted by molar-refractivity contribution is -0.143. The van der Waals surface area contributed by atoms with Crippen LogP contribution in [0.25, 0.3) is 0 Å². The summed E-state index contributed by atoms with van der Waals surface area (Å²) in [6.07, 6.45) is 0. The van der Waals surface area contributed by atoms with E-state index in [9.17, 15) is 9.59 Å². The van der Waals surface area contributed by atoms with E-state index in [1.165, 1.54) is 19.1 Å². The summed E-state index contributed by atoms with van der Waals surface area (Å²) in [6.45, 7) is 7.39. The monoisotopic (exact) mass is 293 g/mol. The van der Waals surface area contributed by atoms with Crippen LogP contribution in [0.3, 0.4) is 0 Å². The van der Waals surface area contributed by atoms with Crippen molar-refractivity contribution in [3.63, 3.8) is 0 Å². The van der Waals surface area contributed by atoms with Gasteiger partial charge in [-0.1, -0.05) is 12.1 Å². The fourth-order valence-corrected chi connectivity index (χ4v) is 2.31. The molecule has 116 valence electrons. The summed E-state index contributed by atoms with van der Waals surface area (Å²) in [7, 11) is 2.77. The highest BCUT2D eigenvalue weighted by atomic mass is 16.5. The Morgan fingerprint density at radius 2 is 1.71 bits per heavy atom. The van der Waals surface area contributed by atoms with Crippen LogP contribution in [0.2, 0.25) is 0 Å². The molecule has 0 aliphatic carbocycles. The van der Waals surface area contributed by atoms with Crippen molar-refractivity contribution in [2.45, 2.75) is 33.7 Å². The van der Waals surface area contributed by atoms with E-state index in [2.05, 4.69) is 0 Å². The smallest absolute Gasteiger partial charge is 0.328 e. The van der Waals surface area contributed by atoms with Gasteiger partial charge >= 0.3 is 5.97 Å². The molecule has 0 aliphatic rings. The molecule has 0 radical (unpaired) electrons. The zero-order chi connectivity index (χ0) is 16.2. The van der Waals surface area contributed by atoms with Crippen LogP contribution in [0.5, 0.6) is 0 Å². The third-order valence-electron chi connectivity index (χ3n) is 3.61. The molecule has 0 bridgehead atoms. The number of hydrogen-bond acceptors (Lipinski definition) is 4. The predicted molar refractivity (Wildman–Crippen MR) is 81.5 cm³/mol. The van der Waals surface area contributed by atoms with E-state index in [4.69, 9.17) is 9.47 Å². The molecule has 0 saturated heterocycles. The van der Waals surface area contributed by atoms with Crippen molar-refractivity contribution in [3.05, 3.63) is 28.8 Å². The van der Waals surface area contributed by atoms with Gasteiger partial charge in [-0.25, -0.2) is 4.79 Å². The number of ether oxygens (including phenoxy) is 2. The van der Waals surface area contributed by atoms with Crippen LogP contribution < -0.4 is 4.90 Å². The second-order valence-corrected chi connectivity index (χ2v) is 5.07. The lowest BCUT2D eigenvalue weighted by Gasteiger charge is -2.30. The quantitative estimate of drug-likeness (QED) is 0.781. The molecule has 5 nitrogen and oxygen atoms in total. The molecule has 1 rings (SSSR count). The van der Waals surface area contributed by atoms with Gasteiger partial charge < -0.3 is 9.47 Å². The molecular formula is C16H23NO4. The molecule has 1 unspecified atom stereocenters. The number of nitrogens with zero attached hydrogens (tertiary/aromatic N) is 1. The second kappa shape index (κ2) is 7.22. The Balaban J connectivity index is 3.41. The number of aryl methyl sites for hydroxylation is 2. The van der Waals surface area contributed by atoms with Gasteiger partial charge in [-0.15, -0.1) is 0 Å². The van der Waals surface area contributed by atoms with E-state index in [1.807, 2.05) is 32.9 Å². The zero-order valence-corrected chi connectivity index (χ0v) is 13.5. The molecule has 0 aromatic heterocycles. The van der Waals surface area contributed by atoms with E-state index in [0.717, 1.165) is 22.4 Å². The van der Waals surface area contributed by atoms with E-state index in [1.54, 1.807) is 6.92 Å². The first-order chi connectivity index (χ1) is 9.84. The molecule has 1 atom stereocenters. The molecular weight excluding hydrogens is 270 g/mol. The number of anilines is 1. The minimum absolute atomic E-state index is 0.0891. The van der Waals surface area contributed by atoms with Crippen LogP contribution in [0.4, 0.5) is 5.69 Å². The highest BCUT2D eigenvalue weighted by Gasteiger charge is 2.30. The van der Waals surface area contributed by atoms with Crippen LogP contribution in [0.1, 0.15) is 23.6 Å². The fraction of sp³-hybridized carbons (Fsp3) is 0.500. The van der Waals surface area contributed by atoms with E-state index < -0.39 is 12.0 Å². The summed E-state index contributed by atoms with van der Waals surface area (Å²) in [5, 5.41) is 0. The Hall–Kier alpha value is -1.88. The van der Waals surface area contributed by atoms with Gasteiger partial charge in [-0.2, -0.15) is 0 Å². The summed E-state index contributed by atoms with van der Waals surface area (Å²) in [6, 6.07) is 3.22. The number of esters is 1. The van der Waals surface area contributed by atoms with Crippen LogP contribution >= 0.6 is 0 Å². The first-order valence-electron chi connectivity index (χ1n) is 6.80. The van der Waals surface area contributed by atoms with Crippen molar-refractivity contribution < 1.29 is 19.1 Å². The number of methoxy groups -OCH3 is 2. The Kier molecular flexibility index (Phi) is 5.90. The zero-order valence-electron chi connectivity index (χ0n) is 13.5. The molecule has 5 heteroatoms. The molecule has 0 saturated carbocycles. The maximum Gasteiger partial charge on any atom is 0.328 e. The van der Waals surface area contributed by atoms with Crippen molar-refractivity contribution in [3.8, 4) is 0 Å². The van der Waals surface area contributed by atoms with Gasteiger partial charge in [-0.3, -0.25) is 9.69 Å². The highest BCUT2D eigenvalue weighted by molar-refractivity contribution is 6.01. The van der Waals surface area contributed by atoms with E-state index in [-0.39, 0.29) is 12.5 Å². The van der Waals surface area contributed by atoms with Gasteiger partial charge in [0.05, 0.1) is 12.8 Å². The number of carbonyl (C=O) groups excluding carboxylic acids is 2. The lowest BCUT2D eigenvalue weighted by atomic mass is 10.0. The molecule has 0 heterocycles. The highest BCUT2D eigenvalue weighted by Crippen LogP contribution is 2.29. The maximum absolute atomic E-state index is 12.4. The molecule has 1 aromatic carbocycles. The van der Waals surface area contributed by atoms with Crippen molar-refractivity contribution in [2.24, 2.45) is 0 Å². The SMILES string of the molecule is COCC(=O)N(c1c(C)ccc(C)c1C)C(C)C(=O)OC. The third kappa shape index (κ3) is 3.61. The van der Waals surface area contributed by atoms with Gasteiger partial charge in [0.2, 0.25) is 0 Å². The largest absolute Gasteiger partial charge is 0.467 e. The van der Waals surface area contributed by atoms with Crippen molar-refractivity contribution in [1.82, 2.24) is 0 Å². The topological polar surface area (TPSA) is 55.8 Å². The first kappa shape index (κ1) is 17.2. The minimum Gasteiger partial charge on any atom is -0.467 e. The van der Waals surface area contributed by atoms with Gasteiger partial charge in [0, 0.05) is 7.11 Å². The molecule has 1 amide bonds. The second-order valence-electron chi connectivity index (χ2n) is 5.07. The molecule has 0 fully saturated rings. The summed E-state index contributed by atoms with van der Waals surface area (Å²) in [4.78, 5) is 25.8. The lowest BCUT2D eigenvalue weighted by Crippen LogP contribution is -2.46.